The molecular formula is C19H15F2NO3. The Labute approximate surface area is 142 Å². The molecule has 0 fully saturated rings. The van der Waals surface area contributed by atoms with Gasteiger partial charge in [-0.1, -0.05) is 18.2 Å². The van der Waals surface area contributed by atoms with Gasteiger partial charge in [-0.05, 0) is 32.0 Å². The van der Waals surface area contributed by atoms with Gasteiger partial charge in [0.2, 0.25) is 5.78 Å². The van der Waals surface area contributed by atoms with Crippen LogP contribution in [0, 0.1) is 18.6 Å². The lowest BCUT2D eigenvalue weighted by Crippen LogP contribution is -2.25. The molecule has 0 amide bonds. The number of benzene rings is 2. The van der Waals surface area contributed by atoms with E-state index >= 15 is 0 Å². The van der Waals surface area contributed by atoms with E-state index in [1.807, 2.05) is 12.1 Å². The molecule has 1 aromatic heterocycles. The van der Waals surface area contributed by atoms with E-state index in [0.29, 0.717) is 17.3 Å². The number of carbonyl (C=O) groups excluding carboxylic acids is 2. The van der Waals surface area contributed by atoms with Crippen molar-refractivity contribution in [2.75, 3.05) is 0 Å². The van der Waals surface area contributed by atoms with E-state index < -0.39 is 35.1 Å². The molecule has 1 atom stereocenters. The first-order chi connectivity index (χ1) is 11.9. The molecule has 0 saturated carbocycles. The highest BCUT2D eigenvalue weighted by Crippen LogP contribution is 2.24. The van der Waals surface area contributed by atoms with Crippen LogP contribution in [0.2, 0.25) is 0 Å². The van der Waals surface area contributed by atoms with Gasteiger partial charge in [0.05, 0.1) is 5.56 Å². The van der Waals surface area contributed by atoms with E-state index in [-0.39, 0.29) is 0 Å². The Kier molecular flexibility index (Phi) is 4.35. The number of carbonyl (C=O) groups is 2. The monoisotopic (exact) mass is 343 g/mol. The lowest BCUT2D eigenvalue weighted by Gasteiger charge is -2.13. The minimum absolute atomic E-state index is 0.397. The summed E-state index contributed by atoms with van der Waals surface area (Å²) in [5.74, 6) is -3.25. The van der Waals surface area contributed by atoms with E-state index in [1.165, 1.54) is 6.92 Å². The number of H-pyrrole nitrogens is 1. The fourth-order valence-electron chi connectivity index (χ4n) is 2.73. The van der Waals surface area contributed by atoms with E-state index in [1.54, 1.807) is 19.1 Å². The van der Waals surface area contributed by atoms with E-state index in [4.69, 9.17) is 4.74 Å². The van der Waals surface area contributed by atoms with Crippen molar-refractivity contribution in [2.24, 2.45) is 0 Å². The molecule has 0 aliphatic rings. The molecule has 3 aromatic rings. The summed E-state index contributed by atoms with van der Waals surface area (Å²) in [6.07, 6.45) is -1.12. The number of hydrogen-bond acceptors (Lipinski definition) is 3. The van der Waals surface area contributed by atoms with Crippen LogP contribution < -0.4 is 0 Å². The van der Waals surface area contributed by atoms with Crippen LogP contribution in [0.15, 0.2) is 42.5 Å². The van der Waals surface area contributed by atoms with Crippen molar-refractivity contribution in [1.82, 2.24) is 4.98 Å². The number of nitrogens with one attached hydrogen (secondary N) is 1. The number of aromatic nitrogens is 1. The van der Waals surface area contributed by atoms with Gasteiger partial charge in [0.25, 0.3) is 0 Å². The highest BCUT2D eigenvalue weighted by atomic mass is 19.1. The van der Waals surface area contributed by atoms with Crippen molar-refractivity contribution in [1.29, 1.82) is 0 Å². The number of rotatable bonds is 4. The number of ether oxygens (including phenoxy) is 1. The van der Waals surface area contributed by atoms with Crippen molar-refractivity contribution < 1.29 is 23.1 Å². The fourth-order valence-corrected chi connectivity index (χ4v) is 2.73. The lowest BCUT2D eigenvalue weighted by atomic mass is 10.0. The predicted molar refractivity (Wildman–Crippen MR) is 88.6 cm³/mol. The second kappa shape index (κ2) is 6.47. The number of ketones is 1. The van der Waals surface area contributed by atoms with Gasteiger partial charge in [-0.3, -0.25) is 4.79 Å². The Morgan fingerprint density at radius 1 is 1.12 bits per heavy atom. The zero-order valence-corrected chi connectivity index (χ0v) is 13.6. The Hall–Kier alpha value is -3.02. The van der Waals surface area contributed by atoms with Gasteiger partial charge >= 0.3 is 5.97 Å². The van der Waals surface area contributed by atoms with Gasteiger partial charge in [-0.25, -0.2) is 13.6 Å². The van der Waals surface area contributed by atoms with Crippen LogP contribution in [0.5, 0.6) is 0 Å². The first kappa shape index (κ1) is 16.8. The number of Topliss-reactive ketones (excluding diaryl/α,β-unsaturated/α-hetero) is 1. The zero-order chi connectivity index (χ0) is 18.1. The van der Waals surface area contributed by atoms with Gasteiger partial charge in [-0.2, -0.15) is 0 Å². The van der Waals surface area contributed by atoms with Gasteiger partial charge in [0.1, 0.15) is 11.6 Å². The summed E-state index contributed by atoms with van der Waals surface area (Å²) in [6.45, 7) is 3.17. The molecule has 6 heteroatoms. The summed E-state index contributed by atoms with van der Waals surface area (Å²) in [4.78, 5) is 27.9. The molecule has 0 radical (unpaired) electrons. The van der Waals surface area contributed by atoms with Crippen LogP contribution in [0.1, 0.15) is 33.3 Å². The Balaban J connectivity index is 1.85. The third-order valence-electron chi connectivity index (χ3n) is 3.94. The van der Waals surface area contributed by atoms with Crippen LogP contribution in [0.25, 0.3) is 10.9 Å². The van der Waals surface area contributed by atoms with Gasteiger partial charge in [0, 0.05) is 28.2 Å². The molecule has 1 heterocycles. The molecule has 2 aromatic carbocycles. The predicted octanol–water partition coefficient (Wildman–Crippen LogP) is 4.18. The van der Waals surface area contributed by atoms with Gasteiger partial charge in [0.15, 0.2) is 6.10 Å². The van der Waals surface area contributed by atoms with E-state index in [2.05, 4.69) is 4.98 Å². The Morgan fingerprint density at radius 2 is 1.84 bits per heavy atom. The number of aryl methyl sites for hydroxylation is 1. The summed E-state index contributed by atoms with van der Waals surface area (Å²) in [6, 6.07) is 9.80. The zero-order valence-electron chi connectivity index (χ0n) is 13.6. The minimum Gasteiger partial charge on any atom is -0.451 e. The summed E-state index contributed by atoms with van der Waals surface area (Å²) < 4.78 is 31.7. The Morgan fingerprint density at radius 3 is 2.56 bits per heavy atom. The number of aromatic amines is 1. The molecule has 0 saturated heterocycles. The lowest BCUT2D eigenvalue weighted by molar-refractivity contribution is 0.0314. The maximum absolute atomic E-state index is 13.7. The summed E-state index contributed by atoms with van der Waals surface area (Å²) in [5.41, 5.74) is 1.46. The second-order valence-corrected chi connectivity index (χ2v) is 5.71. The molecule has 0 spiro atoms. The van der Waals surface area contributed by atoms with Crippen LogP contribution in [0.3, 0.4) is 0 Å². The molecule has 128 valence electrons. The molecule has 0 bridgehead atoms. The molecule has 3 rings (SSSR count). The largest absolute Gasteiger partial charge is 0.451 e. The first-order valence-corrected chi connectivity index (χ1v) is 7.66. The maximum atomic E-state index is 13.7. The molecular weight excluding hydrogens is 328 g/mol. The van der Waals surface area contributed by atoms with Crippen molar-refractivity contribution in [3.05, 3.63) is 70.9 Å². The number of hydrogen-bond donors (Lipinski definition) is 1. The van der Waals surface area contributed by atoms with E-state index in [0.717, 1.165) is 23.0 Å². The summed E-state index contributed by atoms with van der Waals surface area (Å²) in [5, 5.41) is 0.723. The highest BCUT2D eigenvalue weighted by molar-refractivity contribution is 6.11. The number of fused-ring (bicyclic) bond motifs is 1. The molecule has 0 aliphatic carbocycles. The maximum Gasteiger partial charge on any atom is 0.341 e. The van der Waals surface area contributed by atoms with E-state index in [9.17, 15) is 18.4 Å². The third kappa shape index (κ3) is 3.15. The average Bonchev–Trinajstić information content (AvgIpc) is 2.89. The van der Waals surface area contributed by atoms with Crippen LogP contribution in [-0.4, -0.2) is 22.8 Å². The molecule has 0 aliphatic heterocycles. The van der Waals surface area contributed by atoms with Gasteiger partial charge in [-0.15, -0.1) is 0 Å². The minimum atomic E-state index is -1.12. The standard InChI is InChI=1S/C19H15F2NO3/c1-10-17(14-5-3-4-6-16(14)22-10)18(23)11(2)25-19(24)13-8-7-12(20)9-15(13)21/h3-9,11,22H,1-2H3/t11-/m0/s1. The SMILES string of the molecule is Cc1[nH]c2ccccc2c1C(=O)[C@H](C)OC(=O)c1ccc(F)cc1F. The third-order valence-corrected chi connectivity index (χ3v) is 3.94. The topological polar surface area (TPSA) is 59.2 Å². The van der Waals surface area contributed by atoms with Crippen molar-refractivity contribution in [3.63, 3.8) is 0 Å². The Bertz CT molecular complexity index is 978. The van der Waals surface area contributed by atoms with Crippen LogP contribution in [-0.2, 0) is 4.74 Å². The quantitative estimate of drug-likeness (QED) is 0.571. The summed E-state index contributed by atoms with van der Waals surface area (Å²) in [7, 11) is 0. The van der Waals surface area contributed by atoms with Crippen molar-refractivity contribution in [3.8, 4) is 0 Å². The fraction of sp³-hybridized carbons (Fsp3) is 0.158. The molecule has 1 N–H and O–H groups in total. The number of para-hydroxylation sites is 1. The summed E-state index contributed by atoms with van der Waals surface area (Å²) >= 11 is 0. The first-order valence-electron chi connectivity index (χ1n) is 7.66. The number of halogens is 2. The van der Waals surface area contributed by atoms with Gasteiger partial charge < -0.3 is 9.72 Å². The second-order valence-electron chi connectivity index (χ2n) is 5.71. The van der Waals surface area contributed by atoms with Crippen molar-refractivity contribution >= 4 is 22.7 Å². The number of esters is 1. The van der Waals surface area contributed by atoms with Crippen LogP contribution in [0.4, 0.5) is 8.78 Å². The smallest absolute Gasteiger partial charge is 0.341 e. The van der Waals surface area contributed by atoms with Crippen LogP contribution >= 0.6 is 0 Å². The molecule has 0 unspecified atom stereocenters. The average molecular weight is 343 g/mol. The molecule has 25 heavy (non-hydrogen) atoms. The highest BCUT2D eigenvalue weighted by Gasteiger charge is 2.25. The van der Waals surface area contributed by atoms with Crippen molar-refractivity contribution in [2.45, 2.75) is 20.0 Å². The molecule has 4 nitrogen and oxygen atoms in total. The normalized spacial score (nSPS) is 12.2.